The van der Waals surface area contributed by atoms with Crippen molar-refractivity contribution in [2.45, 2.75) is 43.6 Å². The third-order valence-electron chi connectivity index (χ3n) is 7.90. The van der Waals surface area contributed by atoms with E-state index in [2.05, 4.69) is 23.6 Å². The molecule has 2 unspecified atom stereocenters. The molecule has 0 aromatic heterocycles. The summed E-state index contributed by atoms with van der Waals surface area (Å²) < 4.78 is 6.39. The lowest BCUT2D eigenvalue weighted by atomic mass is 9.68. The van der Waals surface area contributed by atoms with Gasteiger partial charge in [0.05, 0.1) is 24.0 Å². The van der Waals surface area contributed by atoms with Crippen molar-refractivity contribution in [2.24, 2.45) is 11.8 Å². The number of benzene rings is 2. The van der Waals surface area contributed by atoms with Gasteiger partial charge in [-0.3, -0.25) is 0 Å². The van der Waals surface area contributed by atoms with E-state index >= 15 is 0 Å². The highest BCUT2D eigenvalue weighted by Crippen LogP contribution is 2.46. The number of carbonyl (C=O) groups is 1. The number of anilines is 1. The van der Waals surface area contributed by atoms with E-state index in [9.17, 15) is 15.0 Å². The molecule has 6 heteroatoms. The molecule has 1 fully saturated rings. The average Bonchev–Trinajstić information content (AvgIpc) is 2.93. The van der Waals surface area contributed by atoms with Crippen LogP contribution in [0.1, 0.15) is 47.2 Å². The summed E-state index contributed by atoms with van der Waals surface area (Å²) in [6, 6.07) is 11.3. The van der Waals surface area contributed by atoms with E-state index in [1.807, 2.05) is 6.07 Å². The Morgan fingerprint density at radius 3 is 2.88 bits per heavy atom. The fraction of sp³-hybridized carbons (Fsp3) is 0.444. The summed E-state index contributed by atoms with van der Waals surface area (Å²) in [4.78, 5) is 14.0. The molecule has 174 valence electrons. The highest BCUT2D eigenvalue weighted by atomic mass is 35.5. The van der Waals surface area contributed by atoms with Crippen molar-refractivity contribution >= 4 is 23.3 Å². The molecule has 0 radical (unpaired) electrons. The first-order valence-electron chi connectivity index (χ1n) is 11.7. The summed E-state index contributed by atoms with van der Waals surface area (Å²) in [7, 11) is 0. The number of rotatable bonds is 5. The lowest BCUT2D eigenvalue weighted by Crippen LogP contribution is -2.49. The van der Waals surface area contributed by atoms with E-state index in [0.29, 0.717) is 12.5 Å². The molecule has 0 amide bonds. The number of aryl methyl sites for hydroxylation is 1. The SMILES string of the molecule is C=C[C@H](O)C1CCC1CN1C[C@@]2(CCCc3cc(Cl)ccc32)COc2ccc(C(=O)O)cc21. The molecule has 1 spiro atoms. The van der Waals surface area contributed by atoms with Gasteiger partial charge >= 0.3 is 5.97 Å². The molecule has 4 atom stereocenters. The molecular weight excluding hydrogens is 438 g/mol. The predicted molar refractivity (Wildman–Crippen MR) is 130 cm³/mol. The number of aliphatic hydroxyl groups excluding tert-OH is 1. The Balaban J connectivity index is 1.55. The van der Waals surface area contributed by atoms with Crippen molar-refractivity contribution < 1.29 is 19.7 Å². The van der Waals surface area contributed by atoms with E-state index in [1.165, 1.54) is 11.1 Å². The van der Waals surface area contributed by atoms with Gasteiger partial charge in [-0.05, 0) is 85.4 Å². The number of halogens is 1. The van der Waals surface area contributed by atoms with E-state index in [4.69, 9.17) is 16.3 Å². The van der Waals surface area contributed by atoms with Gasteiger partial charge in [0.2, 0.25) is 0 Å². The van der Waals surface area contributed by atoms with E-state index in [1.54, 1.807) is 24.3 Å². The number of carboxylic acids is 1. The smallest absolute Gasteiger partial charge is 0.335 e. The van der Waals surface area contributed by atoms with Gasteiger partial charge in [-0.1, -0.05) is 23.7 Å². The third-order valence-corrected chi connectivity index (χ3v) is 8.13. The molecule has 5 nitrogen and oxygen atoms in total. The minimum atomic E-state index is -0.946. The second kappa shape index (κ2) is 8.69. The molecule has 0 bridgehead atoms. The van der Waals surface area contributed by atoms with Gasteiger partial charge < -0.3 is 19.8 Å². The monoisotopic (exact) mass is 467 g/mol. The zero-order valence-corrected chi connectivity index (χ0v) is 19.4. The van der Waals surface area contributed by atoms with Crippen LogP contribution < -0.4 is 9.64 Å². The second-order valence-electron chi connectivity index (χ2n) is 9.82. The van der Waals surface area contributed by atoms with Crippen LogP contribution in [0.3, 0.4) is 0 Å². The lowest BCUT2D eigenvalue weighted by Gasteiger charge is -2.45. The first kappa shape index (κ1) is 22.3. The van der Waals surface area contributed by atoms with Crippen LogP contribution in [0.4, 0.5) is 5.69 Å². The van der Waals surface area contributed by atoms with Gasteiger partial charge in [-0.2, -0.15) is 0 Å². The fourth-order valence-corrected chi connectivity index (χ4v) is 6.17. The fourth-order valence-electron chi connectivity index (χ4n) is 5.98. The molecule has 2 aliphatic carbocycles. The minimum absolute atomic E-state index is 0.186. The Labute approximate surface area is 199 Å². The van der Waals surface area contributed by atoms with Crippen LogP contribution in [0.5, 0.6) is 5.75 Å². The number of aliphatic hydroxyl groups is 1. The first-order chi connectivity index (χ1) is 15.9. The molecule has 2 N–H and O–H groups in total. The van der Waals surface area contributed by atoms with Crippen molar-refractivity contribution in [2.75, 3.05) is 24.6 Å². The maximum Gasteiger partial charge on any atom is 0.335 e. The number of ether oxygens (including phenoxy) is 1. The Morgan fingerprint density at radius 1 is 1.30 bits per heavy atom. The number of fused-ring (bicyclic) bond motifs is 3. The Morgan fingerprint density at radius 2 is 2.15 bits per heavy atom. The van der Waals surface area contributed by atoms with Crippen LogP contribution in [0.2, 0.25) is 5.02 Å². The highest BCUT2D eigenvalue weighted by Gasteiger charge is 2.44. The molecule has 0 saturated heterocycles. The number of aromatic carboxylic acids is 1. The van der Waals surface area contributed by atoms with Crippen LogP contribution >= 0.6 is 11.6 Å². The van der Waals surface area contributed by atoms with Gasteiger partial charge in [-0.15, -0.1) is 6.58 Å². The normalized spacial score (nSPS) is 26.9. The standard InChI is InChI=1S/C27H30ClNO4/c1-2-24(30)21-8-5-19(21)14-29-15-27(11-3-4-17-12-20(28)7-9-22(17)27)16-33-25-10-6-18(26(31)32)13-23(25)29/h2,6-7,9-10,12-13,19,21,24,30H,1,3-5,8,11,14-16H2,(H,31,32)/t19?,21?,24-,27-/m0/s1. The zero-order valence-electron chi connectivity index (χ0n) is 18.7. The van der Waals surface area contributed by atoms with Crippen LogP contribution in [-0.2, 0) is 11.8 Å². The molecule has 2 aromatic rings. The molecule has 1 heterocycles. The molecule has 1 saturated carbocycles. The summed E-state index contributed by atoms with van der Waals surface area (Å²) >= 11 is 6.31. The molecule has 3 aliphatic rings. The summed E-state index contributed by atoms with van der Waals surface area (Å²) in [6.45, 7) is 5.80. The van der Waals surface area contributed by atoms with Gasteiger partial charge in [-0.25, -0.2) is 4.79 Å². The third kappa shape index (κ3) is 4.02. The van der Waals surface area contributed by atoms with Gasteiger partial charge in [0.25, 0.3) is 0 Å². The maximum atomic E-state index is 11.7. The Hall–Kier alpha value is -2.50. The molecule has 2 aromatic carbocycles. The van der Waals surface area contributed by atoms with E-state index < -0.39 is 12.1 Å². The van der Waals surface area contributed by atoms with Gasteiger partial charge in [0, 0.05) is 23.5 Å². The van der Waals surface area contributed by atoms with Crippen molar-refractivity contribution in [1.82, 2.24) is 0 Å². The minimum Gasteiger partial charge on any atom is -0.490 e. The summed E-state index contributed by atoms with van der Waals surface area (Å²) in [5.41, 5.74) is 3.44. The van der Waals surface area contributed by atoms with E-state index in [-0.39, 0.29) is 16.9 Å². The van der Waals surface area contributed by atoms with Crippen LogP contribution in [0.15, 0.2) is 49.1 Å². The first-order valence-corrected chi connectivity index (χ1v) is 12.1. The van der Waals surface area contributed by atoms with Crippen molar-refractivity contribution in [3.63, 3.8) is 0 Å². The topological polar surface area (TPSA) is 70.0 Å². The molecule has 33 heavy (non-hydrogen) atoms. The summed E-state index contributed by atoms with van der Waals surface area (Å²) in [6.07, 6.45) is 6.20. The van der Waals surface area contributed by atoms with Crippen molar-refractivity contribution in [3.05, 3.63) is 70.8 Å². The van der Waals surface area contributed by atoms with Crippen molar-refractivity contribution in [1.29, 1.82) is 0 Å². The van der Waals surface area contributed by atoms with Gasteiger partial charge in [0.15, 0.2) is 0 Å². The number of hydrogen-bond acceptors (Lipinski definition) is 4. The van der Waals surface area contributed by atoms with Crippen LogP contribution in [0.25, 0.3) is 0 Å². The lowest BCUT2D eigenvalue weighted by molar-refractivity contribution is 0.0460. The van der Waals surface area contributed by atoms with Crippen LogP contribution in [0, 0.1) is 11.8 Å². The molecular formula is C27H30ClNO4. The second-order valence-corrected chi connectivity index (χ2v) is 10.3. The zero-order chi connectivity index (χ0) is 23.2. The van der Waals surface area contributed by atoms with Crippen LogP contribution in [-0.4, -0.2) is 42.0 Å². The van der Waals surface area contributed by atoms with Gasteiger partial charge in [0.1, 0.15) is 5.75 Å². The summed E-state index contributed by atoms with van der Waals surface area (Å²) in [5.74, 6) is 0.282. The number of hydrogen-bond donors (Lipinski definition) is 2. The largest absolute Gasteiger partial charge is 0.490 e. The highest BCUT2D eigenvalue weighted by molar-refractivity contribution is 6.30. The molecule has 5 rings (SSSR count). The van der Waals surface area contributed by atoms with Crippen molar-refractivity contribution in [3.8, 4) is 5.75 Å². The van der Waals surface area contributed by atoms with E-state index in [0.717, 1.165) is 61.7 Å². The summed E-state index contributed by atoms with van der Waals surface area (Å²) in [5, 5.41) is 20.8. The number of carboxylic acid groups (broad SMARTS) is 1. The quantitative estimate of drug-likeness (QED) is 0.600. The molecule has 1 aliphatic heterocycles. The number of nitrogens with zero attached hydrogens (tertiary/aromatic N) is 1. The Bertz CT molecular complexity index is 1090. The predicted octanol–water partition coefficient (Wildman–Crippen LogP) is 5.08. The Kier molecular flexibility index (Phi) is 5.87. The average molecular weight is 468 g/mol. The maximum absolute atomic E-state index is 11.7.